The third-order valence-corrected chi connectivity index (χ3v) is 3.51. The van der Waals surface area contributed by atoms with Gasteiger partial charge in [0.1, 0.15) is 18.2 Å². The molecular formula is C17H12BrF2NO2. The van der Waals surface area contributed by atoms with Gasteiger partial charge in [-0.2, -0.15) is 0 Å². The van der Waals surface area contributed by atoms with Crippen molar-refractivity contribution >= 4 is 22.0 Å². The van der Waals surface area contributed by atoms with Gasteiger partial charge in [-0.3, -0.25) is 0 Å². The van der Waals surface area contributed by atoms with E-state index >= 15 is 0 Å². The molecule has 0 saturated heterocycles. The summed E-state index contributed by atoms with van der Waals surface area (Å²) < 4.78 is 31.3. The van der Waals surface area contributed by atoms with Crippen molar-refractivity contribution < 1.29 is 18.3 Å². The Morgan fingerprint density at radius 1 is 1.17 bits per heavy atom. The highest BCUT2D eigenvalue weighted by atomic mass is 79.9. The van der Waals surface area contributed by atoms with Crippen molar-refractivity contribution in [2.45, 2.75) is 6.61 Å². The van der Waals surface area contributed by atoms with Gasteiger partial charge in [-0.25, -0.2) is 13.6 Å². The van der Waals surface area contributed by atoms with Crippen LogP contribution in [0.2, 0.25) is 0 Å². The van der Waals surface area contributed by atoms with Gasteiger partial charge in [0.15, 0.2) is 0 Å². The molecule has 0 unspecified atom stereocenters. The first-order chi connectivity index (χ1) is 11.1. The number of hydrogen-bond acceptors (Lipinski definition) is 2. The molecule has 0 heterocycles. The van der Waals surface area contributed by atoms with Crippen molar-refractivity contribution in [1.82, 2.24) is 5.32 Å². The van der Waals surface area contributed by atoms with E-state index in [1.165, 1.54) is 0 Å². The largest absolute Gasteiger partial charge is 0.445 e. The first-order valence-electron chi connectivity index (χ1n) is 6.64. The van der Waals surface area contributed by atoms with E-state index in [9.17, 15) is 13.6 Å². The fraction of sp³-hybridized carbons (Fsp3) is 0.118. The normalized spacial score (nSPS) is 9.70. The number of carbonyl (C=O) groups excluding carboxylic acids is 1. The van der Waals surface area contributed by atoms with Crippen molar-refractivity contribution in [2.75, 3.05) is 6.54 Å². The number of carbonyl (C=O) groups is 1. The molecule has 0 aliphatic rings. The van der Waals surface area contributed by atoms with Gasteiger partial charge >= 0.3 is 6.09 Å². The maximum absolute atomic E-state index is 13.3. The smallest absolute Gasteiger partial charge is 0.408 e. The maximum atomic E-state index is 13.3. The number of hydrogen-bond donors (Lipinski definition) is 1. The molecule has 6 heteroatoms. The number of amides is 1. The number of nitrogens with one attached hydrogen (secondary N) is 1. The van der Waals surface area contributed by atoms with E-state index in [4.69, 9.17) is 4.74 Å². The van der Waals surface area contributed by atoms with Gasteiger partial charge in [-0.15, -0.1) is 0 Å². The zero-order valence-corrected chi connectivity index (χ0v) is 13.5. The second-order valence-electron chi connectivity index (χ2n) is 4.47. The standard InChI is InChI=1S/C17H12BrF2NO2/c18-16-14(19)9-13(10-15(16)20)7-4-8-21-17(22)23-11-12-5-2-1-3-6-12/h1-3,5-6,9-10H,8,11H2,(H,21,22). The quantitative estimate of drug-likeness (QED) is 0.646. The summed E-state index contributed by atoms with van der Waals surface area (Å²) in [6, 6.07) is 11.4. The summed E-state index contributed by atoms with van der Waals surface area (Å²) in [5, 5.41) is 2.43. The molecule has 0 spiro atoms. The number of ether oxygens (including phenoxy) is 1. The molecule has 1 N–H and O–H groups in total. The minimum atomic E-state index is -0.732. The molecule has 1 amide bonds. The zero-order valence-electron chi connectivity index (χ0n) is 11.9. The topological polar surface area (TPSA) is 38.3 Å². The van der Waals surface area contributed by atoms with Crippen LogP contribution in [-0.4, -0.2) is 12.6 Å². The third-order valence-electron chi connectivity index (χ3n) is 2.75. The Morgan fingerprint density at radius 3 is 2.48 bits per heavy atom. The molecule has 0 fully saturated rings. The number of halogens is 3. The maximum Gasteiger partial charge on any atom is 0.408 e. The van der Waals surface area contributed by atoms with Crippen LogP contribution in [0.15, 0.2) is 46.9 Å². The highest BCUT2D eigenvalue weighted by Crippen LogP contribution is 2.20. The van der Waals surface area contributed by atoms with Crippen LogP contribution >= 0.6 is 15.9 Å². The van der Waals surface area contributed by atoms with Crippen LogP contribution in [0.25, 0.3) is 0 Å². The lowest BCUT2D eigenvalue weighted by Gasteiger charge is -2.04. The molecule has 3 nitrogen and oxygen atoms in total. The fourth-order valence-corrected chi connectivity index (χ4v) is 1.89. The molecule has 0 aromatic heterocycles. The van der Waals surface area contributed by atoms with Crippen molar-refractivity contribution in [3.05, 3.63) is 69.7 Å². The molecule has 118 valence electrons. The van der Waals surface area contributed by atoms with E-state index in [1.807, 2.05) is 30.3 Å². The second-order valence-corrected chi connectivity index (χ2v) is 5.26. The first-order valence-corrected chi connectivity index (χ1v) is 7.43. The van der Waals surface area contributed by atoms with Gasteiger partial charge in [0, 0.05) is 5.56 Å². The second kappa shape index (κ2) is 8.30. The lowest BCUT2D eigenvalue weighted by molar-refractivity contribution is 0.141. The Morgan fingerprint density at radius 2 is 1.83 bits per heavy atom. The Balaban J connectivity index is 1.80. The van der Waals surface area contributed by atoms with Crippen LogP contribution in [0.3, 0.4) is 0 Å². The molecule has 23 heavy (non-hydrogen) atoms. The molecule has 0 aliphatic heterocycles. The number of alkyl carbamates (subject to hydrolysis) is 1. The lowest BCUT2D eigenvalue weighted by atomic mass is 10.2. The summed E-state index contributed by atoms with van der Waals surface area (Å²) in [5.41, 5.74) is 1.05. The summed E-state index contributed by atoms with van der Waals surface area (Å²) in [6.45, 7) is 0.163. The highest BCUT2D eigenvalue weighted by Gasteiger charge is 2.06. The predicted molar refractivity (Wildman–Crippen MR) is 85.6 cm³/mol. The predicted octanol–water partition coefficient (Wildman–Crippen LogP) is 4.01. The van der Waals surface area contributed by atoms with Gasteiger partial charge in [0.2, 0.25) is 0 Å². The Hall–Kier alpha value is -2.39. The minimum absolute atomic E-state index is 0.00687. The summed E-state index contributed by atoms with van der Waals surface area (Å²) in [5.74, 6) is 3.69. The van der Waals surface area contributed by atoms with Crippen LogP contribution in [0, 0.1) is 23.5 Å². The molecule has 2 aromatic rings. The Labute approximate surface area is 140 Å². The van der Waals surface area contributed by atoms with Crippen LogP contribution in [0.1, 0.15) is 11.1 Å². The monoisotopic (exact) mass is 379 g/mol. The van der Waals surface area contributed by atoms with Crippen molar-refractivity contribution in [3.8, 4) is 11.8 Å². The molecule has 0 saturated carbocycles. The summed E-state index contributed by atoms with van der Waals surface area (Å²) in [7, 11) is 0. The minimum Gasteiger partial charge on any atom is -0.445 e. The average molecular weight is 380 g/mol. The van der Waals surface area contributed by atoms with E-state index in [1.54, 1.807) is 0 Å². The van der Waals surface area contributed by atoms with Gasteiger partial charge < -0.3 is 10.1 Å². The van der Waals surface area contributed by atoms with Gasteiger partial charge in [-0.05, 0) is 33.6 Å². The Bertz CT molecular complexity index is 731. The molecule has 0 radical (unpaired) electrons. The summed E-state index contributed by atoms with van der Waals surface area (Å²) >= 11 is 2.78. The summed E-state index contributed by atoms with van der Waals surface area (Å²) in [6.07, 6.45) is -0.615. The SMILES string of the molecule is O=C(NCC#Cc1cc(F)c(Br)c(F)c1)OCc1ccccc1. The molecule has 0 aliphatic carbocycles. The summed E-state index contributed by atoms with van der Waals surface area (Å²) in [4.78, 5) is 11.5. The van der Waals surface area contributed by atoms with E-state index in [2.05, 4.69) is 33.1 Å². The van der Waals surface area contributed by atoms with E-state index in [-0.39, 0.29) is 23.2 Å². The first kappa shape index (κ1) is 17.0. The van der Waals surface area contributed by atoms with E-state index in [0.29, 0.717) is 0 Å². The Kier molecular flexibility index (Phi) is 6.12. The van der Waals surface area contributed by atoms with E-state index in [0.717, 1.165) is 17.7 Å². The molecule has 2 rings (SSSR count). The zero-order chi connectivity index (χ0) is 16.7. The average Bonchev–Trinajstić information content (AvgIpc) is 2.55. The van der Waals surface area contributed by atoms with Crippen molar-refractivity contribution in [2.24, 2.45) is 0 Å². The van der Waals surface area contributed by atoms with Gasteiger partial charge in [0.05, 0.1) is 11.0 Å². The highest BCUT2D eigenvalue weighted by molar-refractivity contribution is 9.10. The van der Waals surface area contributed by atoms with Crippen molar-refractivity contribution in [3.63, 3.8) is 0 Å². The third kappa shape index (κ3) is 5.38. The molecule has 0 atom stereocenters. The molecular weight excluding hydrogens is 368 g/mol. The van der Waals surface area contributed by atoms with E-state index < -0.39 is 17.7 Å². The van der Waals surface area contributed by atoms with Crippen LogP contribution < -0.4 is 5.32 Å². The van der Waals surface area contributed by atoms with Crippen LogP contribution in [0.4, 0.5) is 13.6 Å². The number of benzene rings is 2. The molecule has 0 bridgehead atoms. The number of rotatable bonds is 3. The van der Waals surface area contributed by atoms with Crippen LogP contribution in [0.5, 0.6) is 0 Å². The lowest BCUT2D eigenvalue weighted by Crippen LogP contribution is -2.24. The molecule has 2 aromatic carbocycles. The van der Waals surface area contributed by atoms with Gasteiger partial charge in [-0.1, -0.05) is 42.2 Å². The van der Waals surface area contributed by atoms with Gasteiger partial charge in [0.25, 0.3) is 0 Å². The van der Waals surface area contributed by atoms with Crippen LogP contribution in [-0.2, 0) is 11.3 Å². The van der Waals surface area contributed by atoms with Crippen molar-refractivity contribution in [1.29, 1.82) is 0 Å². The fourth-order valence-electron chi connectivity index (χ4n) is 1.66.